The molecule has 0 radical (unpaired) electrons. The standard InChI is InChI=1S/C21H19F6N3O3/c22-20(23,24)12-7-13(21(25,26)27)9-15(8-12)30-19(33)29-14-3-1-2-11(6-14)17-10-28-5-4-16(17)18(31)32/h1-3,6-9,16-17,28H,4-5,10H2,(H,31,32)(H2,29,30,33). The molecule has 33 heavy (non-hydrogen) atoms. The number of alkyl halides is 6. The number of carboxylic acid groups (broad SMARTS) is 1. The van der Waals surface area contributed by atoms with Crippen molar-refractivity contribution in [3.8, 4) is 0 Å². The SMILES string of the molecule is O=C(Nc1cccc(C2CNCCC2C(=O)O)c1)Nc1cc(C(F)(F)F)cc(C(F)(F)F)c1. The highest BCUT2D eigenvalue weighted by Gasteiger charge is 2.37. The van der Waals surface area contributed by atoms with Gasteiger partial charge in [-0.15, -0.1) is 0 Å². The minimum absolute atomic E-state index is 0.0381. The number of halogens is 6. The van der Waals surface area contributed by atoms with Crippen LogP contribution in [0.3, 0.4) is 0 Å². The summed E-state index contributed by atoms with van der Waals surface area (Å²) in [5, 5.41) is 16.9. The second kappa shape index (κ2) is 9.30. The molecule has 1 saturated heterocycles. The Morgan fingerprint density at radius 2 is 1.52 bits per heavy atom. The van der Waals surface area contributed by atoms with E-state index in [9.17, 15) is 41.0 Å². The second-order valence-corrected chi connectivity index (χ2v) is 7.54. The molecule has 12 heteroatoms. The lowest BCUT2D eigenvalue weighted by Gasteiger charge is -2.29. The minimum atomic E-state index is -5.04. The smallest absolute Gasteiger partial charge is 0.416 e. The van der Waals surface area contributed by atoms with Crippen molar-refractivity contribution in [1.82, 2.24) is 5.32 Å². The van der Waals surface area contributed by atoms with Crippen LogP contribution < -0.4 is 16.0 Å². The van der Waals surface area contributed by atoms with E-state index in [0.29, 0.717) is 37.2 Å². The van der Waals surface area contributed by atoms with E-state index in [1.807, 2.05) is 5.32 Å². The number of piperidine rings is 1. The lowest BCUT2D eigenvalue weighted by molar-refractivity contribution is -0.144. The van der Waals surface area contributed by atoms with Crippen LogP contribution in [0.2, 0.25) is 0 Å². The molecule has 2 aromatic rings. The molecule has 0 aliphatic carbocycles. The Balaban J connectivity index is 1.79. The number of anilines is 2. The average Bonchev–Trinajstić information content (AvgIpc) is 2.72. The molecule has 2 atom stereocenters. The van der Waals surface area contributed by atoms with Gasteiger partial charge in [0.25, 0.3) is 0 Å². The topological polar surface area (TPSA) is 90.5 Å². The molecule has 0 aromatic heterocycles. The fraction of sp³-hybridized carbons (Fsp3) is 0.333. The lowest BCUT2D eigenvalue weighted by Crippen LogP contribution is -2.38. The van der Waals surface area contributed by atoms with E-state index in [1.54, 1.807) is 12.1 Å². The normalized spacial score (nSPS) is 19.1. The number of aliphatic carboxylic acids is 1. The van der Waals surface area contributed by atoms with Gasteiger partial charge in [-0.2, -0.15) is 26.3 Å². The molecular formula is C21H19F6N3O3. The molecular weight excluding hydrogens is 456 g/mol. The van der Waals surface area contributed by atoms with Crippen molar-refractivity contribution in [1.29, 1.82) is 0 Å². The number of hydrogen-bond donors (Lipinski definition) is 4. The number of carboxylic acids is 1. The molecule has 0 bridgehead atoms. The van der Waals surface area contributed by atoms with Crippen molar-refractivity contribution in [2.75, 3.05) is 23.7 Å². The summed E-state index contributed by atoms with van der Waals surface area (Å²) in [6.07, 6.45) is -9.68. The average molecular weight is 475 g/mol. The van der Waals surface area contributed by atoms with Crippen LogP contribution in [-0.4, -0.2) is 30.2 Å². The van der Waals surface area contributed by atoms with Crippen LogP contribution >= 0.6 is 0 Å². The van der Waals surface area contributed by atoms with Gasteiger partial charge in [-0.1, -0.05) is 12.1 Å². The van der Waals surface area contributed by atoms with Crippen LogP contribution in [0, 0.1) is 5.92 Å². The first-order chi connectivity index (χ1) is 15.3. The predicted molar refractivity (Wildman–Crippen MR) is 107 cm³/mol. The highest BCUT2D eigenvalue weighted by Crippen LogP contribution is 2.37. The number of rotatable bonds is 4. The molecule has 4 N–H and O–H groups in total. The lowest BCUT2D eigenvalue weighted by atomic mass is 9.81. The van der Waals surface area contributed by atoms with E-state index in [2.05, 4.69) is 10.6 Å². The molecule has 0 spiro atoms. The van der Waals surface area contributed by atoms with Crippen LogP contribution in [0.15, 0.2) is 42.5 Å². The monoisotopic (exact) mass is 475 g/mol. The third-order valence-electron chi connectivity index (χ3n) is 5.22. The fourth-order valence-corrected chi connectivity index (χ4v) is 3.67. The van der Waals surface area contributed by atoms with Gasteiger partial charge in [0.2, 0.25) is 0 Å². The van der Waals surface area contributed by atoms with Crippen molar-refractivity contribution in [3.63, 3.8) is 0 Å². The molecule has 0 saturated carbocycles. The molecule has 6 nitrogen and oxygen atoms in total. The first kappa shape index (κ1) is 24.4. The van der Waals surface area contributed by atoms with Gasteiger partial charge in [0.05, 0.1) is 17.0 Å². The van der Waals surface area contributed by atoms with Crippen LogP contribution in [0.25, 0.3) is 0 Å². The Labute approximate surface area is 184 Å². The van der Waals surface area contributed by atoms with Crippen LogP contribution in [-0.2, 0) is 17.1 Å². The third-order valence-corrected chi connectivity index (χ3v) is 5.22. The van der Waals surface area contributed by atoms with Crippen LogP contribution in [0.5, 0.6) is 0 Å². The first-order valence-electron chi connectivity index (χ1n) is 9.75. The summed E-state index contributed by atoms with van der Waals surface area (Å²) in [4.78, 5) is 23.8. The molecule has 1 aliphatic heterocycles. The van der Waals surface area contributed by atoms with Gasteiger partial charge in [-0.3, -0.25) is 4.79 Å². The fourth-order valence-electron chi connectivity index (χ4n) is 3.67. The summed E-state index contributed by atoms with van der Waals surface area (Å²) in [7, 11) is 0. The van der Waals surface area contributed by atoms with Gasteiger partial charge in [0, 0.05) is 23.8 Å². The zero-order chi connectivity index (χ0) is 24.4. The number of urea groups is 1. The van der Waals surface area contributed by atoms with Gasteiger partial charge >= 0.3 is 24.4 Å². The van der Waals surface area contributed by atoms with E-state index in [1.165, 1.54) is 12.1 Å². The summed E-state index contributed by atoms with van der Waals surface area (Å²) in [6.45, 7) is 0.946. The zero-order valence-electron chi connectivity index (χ0n) is 16.8. The number of benzene rings is 2. The summed E-state index contributed by atoms with van der Waals surface area (Å²) in [5.74, 6) is -1.97. The molecule has 178 valence electrons. The van der Waals surface area contributed by atoms with Crippen molar-refractivity contribution >= 4 is 23.4 Å². The van der Waals surface area contributed by atoms with Crippen molar-refractivity contribution in [3.05, 3.63) is 59.2 Å². The summed E-state index contributed by atoms with van der Waals surface area (Å²) in [6, 6.07) is 5.92. The van der Waals surface area contributed by atoms with Crippen LogP contribution in [0.4, 0.5) is 42.5 Å². The maximum atomic E-state index is 13.0. The van der Waals surface area contributed by atoms with Gasteiger partial charge < -0.3 is 21.1 Å². The number of nitrogens with one attached hydrogen (secondary N) is 3. The second-order valence-electron chi connectivity index (χ2n) is 7.54. The predicted octanol–water partition coefficient (Wildman–Crippen LogP) is 5.15. The van der Waals surface area contributed by atoms with Gasteiger partial charge in [-0.05, 0) is 48.9 Å². The molecule has 1 heterocycles. The van der Waals surface area contributed by atoms with Crippen molar-refractivity contribution < 1.29 is 41.0 Å². The van der Waals surface area contributed by atoms with E-state index in [-0.39, 0.29) is 17.7 Å². The Morgan fingerprint density at radius 3 is 2.09 bits per heavy atom. The largest absolute Gasteiger partial charge is 0.481 e. The zero-order valence-corrected chi connectivity index (χ0v) is 16.8. The maximum Gasteiger partial charge on any atom is 0.416 e. The van der Waals surface area contributed by atoms with Crippen LogP contribution in [0.1, 0.15) is 29.0 Å². The Kier molecular flexibility index (Phi) is 6.86. The third kappa shape index (κ3) is 6.15. The van der Waals surface area contributed by atoms with Gasteiger partial charge in [0.15, 0.2) is 0 Å². The summed E-state index contributed by atoms with van der Waals surface area (Å²) >= 11 is 0. The summed E-state index contributed by atoms with van der Waals surface area (Å²) in [5.41, 5.74) is -2.99. The molecule has 1 aliphatic rings. The van der Waals surface area contributed by atoms with E-state index in [4.69, 9.17) is 0 Å². The quantitative estimate of drug-likeness (QED) is 0.461. The number of hydrogen-bond acceptors (Lipinski definition) is 3. The molecule has 2 amide bonds. The Morgan fingerprint density at radius 1 is 0.909 bits per heavy atom. The number of amides is 2. The van der Waals surface area contributed by atoms with E-state index < -0.39 is 47.1 Å². The molecule has 2 unspecified atom stereocenters. The van der Waals surface area contributed by atoms with Crippen molar-refractivity contribution in [2.45, 2.75) is 24.7 Å². The van der Waals surface area contributed by atoms with Gasteiger partial charge in [0.1, 0.15) is 0 Å². The highest BCUT2D eigenvalue weighted by molar-refractivity contribution is 6.00. The van der Waals surface area contributed by atoms with E-state index in [0.717, 1.165) is 0 Å². The Bertz CT molecular complexity index is 1010. The molecule has 2 aromatic carbocycles. The van der Waals surface area contributed by atoms with E-state index >= 15 is 0 Å². The number of carbonyl (C=O) groups is 2. The minimum Gasteiger partial charge on any atom is -0.481 e. The van der Waals surface area contributed by atoms with Crippen molar-refractivity contribution in [2.24, 2.45) is 5.92 Å². The number of carbonyl (C=O) groups excluding carboxylic acids is 1. The first-order valence-corrected chi connectivity index (χ1v) is 9.75. The highest BCUT2D eigenvalue weighted by atomic mass is 19.4. The maximum absolute atomic E-state index is 13.0. The molecule has 1 fully saturated rings. The summed E-state index contributed by atoms with van der Waals surface area (Å²) < 4.78 is 77.9. The van der Waals surface area contributed by atoms with Gasteiger partial charge in [-0.25, -0.2) is 4.79 Å². The Hall–Kier alpha value is -3.28. The molecule has 3 rings (SSSR count).